The Morgan fingerprint density at radius 1 is 0.969 bits per heavy atom. The van der Waals surface area contributed by atoms with Gasteiger partial charge < -0.3 is 4.57 Å². The van der Waals surface area contributed by atoms with Crippen LogP contribution in [-0.2, 0) is 13.2 Å². The number of nitrogens with one attached hydrogen (secondary N) is 2. The van der Waals surface area contributed by atoms with E-state index in [1.165, 1.54) is 24.3 Å². The Labute approximate surface area is 184 Å². The van der Waals surface area contributed by atoms with E-state index < -0.39 is 29.2 Å². The van der Waals surface area contributed by atoms with Crippen LogP contribution in [0.25, 0.3) is 16.6 Å². The smallest absolute Gasteiger partial charge is 0.350 e. The Bertz CT molecular complexity index is 1330. The highest BCUT2D eigenvalue weighted by molar-refractivity contribution is 6.30. The first-order chi connectivity index (χ1) is 15.2. The fraction of sp³-hybridized carbons (Fsp3) is 0.0952. The average Bonchev–Trinajstić information content (AvgIpc) is 3.35. The van der Waals surface area contributed by atoms with E-state index in [4.69, 9.17) is 11.6 Å². The number of hydrogen-bond donors (Lipinski definition) is 2. The third-order valence-electron chi connectivity index (χ3n) is 4.78. The van der Waals surface area contributed by atoms with E-state index in [0.29, 0.717) is 15.1 Å². The van der Waals surface area contributed by atoms with Crippen molar-refractivity contribution in [3.63, 3.8) is 0 Å². The molecule has 0 unspecified atom stereocenters. The van der Waals surface area contributed by atoms with Gasteiger partial charge in [-0.1, -0.05) is 29.8 Å². The summed E-state index contributed by atoms with van der Waals surface area (Å²) in [7, 11) is 1.75. The number of hydrogen-bond acceptors (Lipinski definition) is 3. The lowest BCUT2D eigenvalue weighted by Crippen LogP contribution is -2.42. The van der Waals surface area contributed by atoms with Crippen LogP contribution in [0.5, 0.6) is 0 Å². The summed E-state index contributed by atoms with van der Waals surface area (Å²) in [6, 6.07) is 12.6. The molecule has 11 heteroatoms. The van der Waals surface area contributed by atoms with Crippen LogP contribution in [0.4, 0.5) is 13.2 Å². The van der Waals surface area contributed by atoms with Crippen LogP contribution < -0.4 is 10.9 Å². The topological polar surface area (TPSA) is 81.0 Å². The lowest BCUT2D eigenvalue weighted by atomic mass is 10.2. The van der Waals surface area contributed by atoms with Gasteiger partial charge in [0, 0.05) is 29.2 Å². The van der Waals surface area contributed by atoms with Crippen molar-refractivity contribution in [2.75, 3.05) is 0 Å². The number of hydrazine groups is 1. The number of aromatic nitrogens is 3. The molecule has 2 aromatic heterocycles. The maximum atomic E-state index is 13.8. The Kier molecular flexibility index (Phi) is 5.39. The van der Waals surface area contributed by atoms with Crippen LogP contribution in [0.2, 0.25) is 5.02 Å². The minimum Gasteiger partial charge on any atom is -0.350 e. The van der Waals surface area contributed by atoms with Crippen molar-refractivity contribution in [1.82, 2.24) is 25.2 Å². The molecule has 2 amide bonds. The molecule has 4 aromatic rings. The standard InChI is InChI=1S/C21H15ClF3N5O2/c1-29-11-16(14-4-2-3-5-17(14)29)20(32)28-27-19(31)15-10-26-30(18(15)21(23,24)25)13-8-6-12(22)7-9-13/h2-11H,1H3,(H,27,31)(H,28,32). The number of para-hydroxylation sites is 1. The molecule has 164 valence electrons. The summed E-state index contributed by atoms with van der Waals surface area (Å²) in [4.78, 5) is 25.1. The maximum absolute atomic E-state index is 13.8. The highest BCUT2D eigenvalue weighted by atomic mass is 35.5. The van der Waals surface area contributed by atoms with Crippen molar-refractivity contribution in [2.45, 2.75) is 6.18 Å². The summed E-state index contributed by atoms with van der Waals surface area (Å²) >= 11 is 5.79. The number of nitrogens with zero attached hydrogens (tertiary/aromatic N) is 3. The molecule has 0 spiro atoms. The first kappa shape index (κ1) is 21.4. The molecule has 0 saturated heterocycles. The lowest BCUT2D eigenvalue weighted by Gasteiger charge is -2.13. The van der Waals surface area contributed by atoms with Gasteiger partial charge in [0.05, 0.1) is 23.0 Å². The molecule has 2 aromatic carbocycles. The molecule has 32 heavy (non-hydrogen) atoms. The first-order valence-electron chi connectivity index (χ1n) is 9.22. The van der Waals surface area contributed by atoms with Crippen LogP contribution in [0.15, 0.2) is 60.9 Å². The van der Waals surface area contributed by atoms with Gasteiger partial charge in [-0.2, -0.15) is 18.3 Å². The van der Waals surface area contributed by atoms with E-state index in [-0.39, 0.29) is 11.3 Å². The number of carbonyl (C=O) groups excluding carboxylic acids is 2. The Hall–Kier alpha value is -3.79. The third-order valence-corrected chi connectivity index (χ3v) is 5.04. The number of rotatable bonds is 3. The molecule has 0 fully saturated rings. The predicted molar refractivity (Wildman–Crippen MR) is 111 cm³/mol. The molecular weight excluding hydrogens is 447 g/mol. The largest absolute Gasteiger partial charge is 0.434 e. The van der Waals surface area contributed by atoms with Crippen LogP contribution in [0.1, 0.15) is 26.4 Å². The van der Waals surface area contributed by atoms with Gasteiger partial charge in [0.15, 0.2) is 5.69 Å². The zero-order valence-electron chi connectivity index (χ0n) is 16.4. The number of halogens is 4. The summed E-state index contributed by atoms with van der Waals surface area (Å²) in [5.74, 6) is -1.83. The summed E-state index contributed by atoms with van der Waals surface area (Å²) in [6.07, 6.45) is -2.54. The maximum Gasteiger partial charge on any atom is 0.434 e. The molecule has 2 N–H and O–H groups in total. The Balaban J connectivity index is 1.59. The molecule has 7 nitrogen and oxygen atoms in total. The summed E-state index contributed by atoms with van der Waals surface area (Å²) < 4.78 is 43.6. The van der Waals surface area contributed by atoms with Crippen molar-refractivity contribution in [1.29, 1.82) is 0 Å². The molecule has 0 radical (unpaired) electrons. The molecule has 0 atom stereocenters. The number of aryl methyl sites for hydroxylation is 1. The predicted octanol–water partition coefficient (Wildman–Crippen LogP) is 4.11. The van der Waals surface area contributed by atoms with Gasteiger partial charge in [-0.05, 0) is 30.3 Å². The fourth-order valence-corrected chi connectivity index (χ4v) is 3.46. The number of alkyl halides is 3. The van der Waals surface area contributed by atoms with Crippen LogP contribution in [-0.4, -0.2) is 26.2 Å². The van der Waals surface area contributed by atoms with E-state index >= 15 is 0 Å². The second-order valence-corrected chi connectivity index (χ2v) is 7.31. The Morgan fingerprint density at radius 3 is 2.25 bits per heavy atom. The minimum absolute atomic E-state index is 0.0700. The van der Waals surface area contributed by atoms with Crippen molar-refractivity contribution in [3.8, 4) is 5.69 Å². The molecule has 0 bridgehead atoms. The highest BCUT2D eigenvalue weighted by Gasteiger charge is 2.40. The molecule has 0 aliphatic rings. The molecule has 0 aliphatic heterocycles. The Morgan fingerprint density at radius 2 is 1.59 bits per heavy atom. The van der Waals surface area contributed by atoms with E-state index in [2.05, 4.69) is 10.5 Å². The first-order valence-corrected chi connectivity index (χ1v) is 9.60. The molecule has 4 rings (SSSR count). The molecule has 0 saturated carbocycles. The monoisotopic (exact) mass is 461 g/mol. The summed E-state index contributed by atoms with van der Waals surface area (Å²) in [5, 5.41) is 4.68. The number of benzene rings is 2. The van der Waals surface area contributed by atoms with E-state index in [9.17, 15) is 22.8 Å². The van der Waals surface area contributed by atoms with Crippen LogP contribution in [0.3, 0.4) is 0 Å². The highest BCUT2D eigenvalue weighted by Crippen LogP contribution is 2.33. The van der Waals surface area contributed by atoms with E-state index in [0.717, 1.165) is 11.7 Å². The third kappa shape index (κ3) is 3.92. The molecule has 2 heterocycles. The van der Waals surface area contributed by atoms with Crippen molar-refractivity contribution in [3.05, 3.63) is 82.8 Å². The zero-order chi connectivity index (χ0) is 23.0. The average molecular weight is 462 g/mol. The van der Waals surface area contributed by atoms with Crippen LogP contribution >= 0.6 is 11.6 Å². The van der Waals surface area contributed by atoms with Gasteiger partial charge in [-0.25, -0.2) is 4.68 Å². The van der Waals surface area contributed by atoms with Crippen molar-refractivity contribution >= 4 is 34.3 Å². The number of carbonyl (C=O) groups is 2. The fourth-order valence-electron chi connectivity index (χ4n) is 3.34. The summed E-state index contributed by atoms with van der Waals surface area (Å²) in [6.45, 7) is 0. The minimum atomic E-state index is -4.89. The van der Waals surface area contributed by atoms with Gasteiger partial charge in [0.1, 0.15) is 0 Å². The van der Waals surface area contributed by atoms with Gasteiger partial charge >= 0.3 is 6.18 Å². The van der Waals surface area contributed by atoms with Gasteiger partial charge in [-0.3, -0.25) is 20.4 Å². The number of fused-ring (bicyclic) bond motifs is 1. The summed E-state index contributed by atoms with van der Waals surface area (Å²) in [5.41, 5.74) is 3.29. The zero-order valence-corrected chi connectivity index (χ0v) is 17.2. The quantitative estimate of drug-likeness (QED) is 0.450. The van der Waals surface area contributed by atoms with Crippen LogP contribution in [0, 0.1) is 0 Å². The van der Waals surface area contributed by atoms with E-state index in [1.54, 1.807) is 29.9 Å². The SMILES string of the molecule is Cn1cc(C(=O)NNC(=O)c2cnn(-c3ccc(Cl)cc3)c2C(F)(F)F)c2ccccc21. The second-order valence-electron chi connectivity index (χ2n) is 6.87. The second kappa shape index (κ2) is 8.04. The lowest BCUT2D eigenvalue weighted by molar-refractivity contribution is -0.143. The molecular formula is C21H15ClF3N5O2. The molecule has 0 aliphatic carbocycles. The van der Waals surface area contributed by atoms with Crippen molar-refractivity contribution < 1.29 is 22.8 Å². The van der Waals surface area contributed by atoms with Crippen molar-refractivity contribution in [2.24, 2.45) is 7.05 Å². The van der Waals surface area contributed by atoms with E-state index in [1.807, 2.05) is 17.6 Å². The van der Waals surface area contributed by atoms with Gasteiger partial charge in [-0.15, -0.1) is 0 Å². The number of amides is 2. The normalized spacial score (nSPS) is 11.5. The van der Waals surface area contributed by atoms with Gasteiger partial charge in [0.2, 0.25) is 0 Å². The van der Waals surface area contributed by atoms with Gasteiger partial charge in [0.25, 0.3) is 11.8 Å².